The summed E-state index contributed by atoms with van der Waals surface area (Å²) in [5.41, 5.74) is 10.1. The van der Waals surface area contributed by atoms with Crippen LogP contribution in [0.3, 0.4) is 0 Å². The van der Waals surface area contributed by atoms with E-state index in [1.54, 1.807) is 0 Å². The van der Waals surface area contributed by atoms with Crippen LogP contribution in [0.4, 0.5) is 11.4 Å². The van der Waals surface area contributed by atoms with Gasteiger partial charge in [-0.3, -0.25) is 0 Å². The third-order valence-electron chi connectivity index (χ3n) is 11.2. The number of hydrogen-bond donors (Lipinski definition) is 0. The number of benzene rings is 9. The molecule has 54 heavy (non-hydrogen) atoms. The maximum absolute atomic E-state index is 6.84. The molecule has 1 aliphatic rings. The molecule has 0 amide bonds. The molecule has 2 heteroatoms. The molecule has 11 rings (SSSR count). The maximum Gasteiger partial charge on any atom is 0.143 e. The average molecular weight is 690 g/mol. The van der Waals surface area contributed by atoms with Gasteiger partial charge < -0.3 is 9.32 Å². The highest BCUT2D eigenvalue weighted by Crippen LogP contribution is 2.46. The Morgan fingerprint density at radius 2 is 1.11 bits per heavy atom. The van der Waals surface area contributed by atoms with E-state index in [1.807, 2.05) is 0 Å². The lowest BCUT2D eigenvalue weighted by molar-refractivity contribution is 0.668. The van der Waals surface area contributed by atoms with Crippen molar-refractivity contribution in [1.82, 2.24) is 0 Å². The SMILES string of the molecule is C1=CC(c2cccc3c2oc2cc4ccccc4cc23)=C(N(c2cccc(-c3ccc4ccccc4c3)c2)c2cc3ccccc3c3ccccc23)CC1. The van der Waals surface area contributed by atoms with Crippen LogP contribution in [0.1, 0.15) is 18.4 Å². The highest BCUT2D eigenvalue weighted by atomic mass is 16.3. The fraction of sp³-hybridized carbons (Fsp3) is 0.0385. The number of rotatable bonds is 5. The Bertz CT molecular complexity index is 3180. The van der Waals surface area contributed by atoms with Gasteiger partial charge in [0, 0.05) is 38.7 Å². The number of nitrogens with zero attached hydrogens (tertiary/aromatic N) is 1. The molecule has 1 aromatic heterocycles. The summed E-state index contributed by atoms with van der Waals surface area (Å²) in [5.74, 6) is 0. The number of fused-ring (bicyclic) bond motifs is 8. The summed E-state index contributed by atoms with van der Waals surface area (Å²) in [7, 11) is 0. The molecular weight excluding hydrogens is 655 g/mol. The number of para-hydroxylation sites is 1. The molecule has 0 saturated heterocycles. The van der Waals surface area contributed by atoms with E-state index in [1.165, 1.54) is 71.2 Å². The van der Waals surface area contributed by atoms with Gasteiger partial charge in [0.05, 0.1) is 5.69 Å². The predicted molar refractivity (Wildman–Crippen MR) is 229 cm³/mol. The highest BCUT2D eigenvalue weighted by Gasteiger charge is 2.25. The predicted octanol–water partition coefficient (Wildman–Crippen LogP) is 14.8. The number of allylic oxidation sites excluding steroid dienone is 4. The molecule has 10 aromatic rings. The van der Waals surface area contributed by atoms with Crippen molar-refractivity contribution in [2.75, 3.05) is 4.90 Å². The molecule has 0 fully saturated rings. The molecule has 0 saturated carbocycles. The molecule has 0 radical (unpaired) electrons. The van der Waals surface area contributed by atoms with Gasteiger partial charge in [-0.1, -0.05) is 152 Å². The first-order valence-corrected chi connectivity index (χ1v) is 18.8. The molecule has 254 valence electrons. The Hall–Kier alpha value is -6.90. The minimum Gasteiger partial charge on any atom is -0.455 e. The molecule has 2 nitrogen and oxygen atoms in total. The van der Waals surface area contributed by atoms with E-state index in [2.05, 4.69) is 193 Å². The average Bonchev–Trinajstić information content (AvgIpc) is 3.60. The van der Waals surface area contributed by atoms with Crippen LogP contribution in [0.25, 0.3) is 81.7 Å². The Labute approximate surface area is 313 Å². The monoisotopic (exact) mass is 689 g/mol. The molecule has 1 heterocycles. The maximum atomic E-state index is 6.84. The van der Waals surface area contributed by atoms with Crippen LogP contribution in [0.15, 0.2) is 198 Å². The lowest BCUT2D eigenvalue weighted by atomic mass is 9.92. The summed E-state index contributed by atoms with van der Waals surface area (Å²) in [4.78, 5) is 2.54. The van der Waals surface area contributed by atoms with Gasteiger partial charge >= 0.3 is 0 Å². The Kier molecular flexibility index (Phi) is 7.03. The minimum atomic E-state index is 0.883. The molecule has 0 bridgehead atoms. The van der Waals surface area contributed by atoms with Crippen molar-refractivity contribution >= 4 is 82.0 Å². The third kappa shape index (κ3) is 4.95. The second-order valence-corrected chi connectivity index (χ2v) is 14.4. The molecule has 0 spiro atoms. The highest BCUT2D eigenvalue weighted by molar-refractivity contribution is 6.16. The molecule has 0 atom stereocenters. The van der Waals surface area contributed by atoms with Gasteiger partial charge in [0.15, 0.2) is 0 Å². The summed E-state index contributed by atoms with van der Waals surface area (Å²) in [5, 5.41) is 12.1. The summed E-state index contributed by atoms with van der Waals surface area (Å²) >= 11 is 0. The number of hydrogen-bond acceptors (Lipinski definition) is 2. The van der Waals surface area contributed by atoms with E-state index in [0.29, 0.717) is 0 Å². The summed E-state index contributed by atoms with van der Waals surface area (Å²) < 4.78 is 6.84. The zero-order valence-electron chi connectivity index (χ0n) is 29.7. The fourth-order valence-corrected chi connectivity index (χ4v) is 8.68. The normalized spacial score (nSPS) is 13.3. The second kappa shape index (κ2) is 12.4. The van der Waals surface area contributed by atoms with Gasteiger partial charge in [-0.2, -0.15) is 0 Å². The molecule has 9 aromatic carbocycles. The quantitative estimate of drug-likeness (QED) is 0.167. The fourth-order valence-electron chi connectivity index (χ4n) is 8.68. The summed E-state index contributed by atoms with van der Waals surface area (Å²) in [6.07, 6.45) is 6.47. The van der Waals surface area contributed by atoms with Gasteiger partial charge in [0.25, 0.3) is 0 Å². The van der Waals surface area contributed by atoms with Crippen molar-refractivity contribution in [1.29, 1.82) is 0 Å². The molecular formula is C52H35NO. The molecule has 0 unspecified atom stereocenters. The zero-order valence-corrected chi connectivity index (χ0v) is 29.7. The van der Waals surface area contributed by atoms with Crippen molar-refractivity contribution in [2.45, 2.75) is 12.8 Å². The largest absolute Gasteiger partial charge is 0.455 e. The molecule has 0 N–H and O–H groups in total. The Morgan fingerprint density at radius 3 is 1.96 bits per heavy atom. The number of furan rings is 1. The topological polar surface area (TPSA) is 16.4 Å². The van der Waals surface area contributed by atoms with Crippen LogP contribution in [-0.2, 0) is 0 Å². The van der Waals surface area contributed by atoms with Crippen LogP contribution in [0.2, 0.25) is 0 Å². The van der Waals surface area contributed by atoms with Crippen molar-refractivity contribution in [3.8, 4) is 11.1 Å². The van der Waals surface area contributed by atoms with Crippen LogP contribution < -0.4 is 4.90 Å². The van der Waals surface area contributed by atoms with Crippen LogP contribution in [-0.4, -0.2) is 0 Å². The van der Waals surface area contributed by atoms with Crippen LogP contribution in [0, 0.1) is 0 Å². The van der Waals surface area contributed by atoms with Gasteiger partial charge in [-0.15, -0.1) is 0 Å². The van der Waals surface area contributed by atoms with Crippen molar-refractivity contribution in [3.05, 3.63) is 199 Å². The lowest BCUT2D eigenvalue weighted by Gasteiger charge is -2.33. The van der Waals surface area contributed by atoms with E-state index < -0.39 is 0 Å². The van der Waals surface area contributed by atoms with Gasteiger partial charge in [0.1, 0.15) is 11.2 Å². The van der Waals surface area contributed by atoms with Crippen molar-refractivity contribution in [2.24, 2.45) is 0 Å². The van der Waals surface area contributed by atoms with E-state index in [-0.39, 0.29) is 0 Å². The third-order valence-corrected chi connectivity index (χ3v) is 11.2. The van der Waals surface area contributed by atoms with Gasteiger partial charge in [0.2, 0.25) is 0 Å². The molecule has 0 aliphatic heterocycles. The van der Waals surface area contributed by atoms with Gasteiger partial charge in [-0.05, 0) is 98.1 Å². The second-order valence-electron chi connectivity index (χ2n) is 14.4. The summed E-state index contributed by atoms with van der Waals surface area (Å²) in [6.45, 7) is 0. The van der Waals surface area contributed by atoms with Crippen molar-refractivity contribution in [3.63, 3.8) is 0 Å². The Morgan fingerprint density at radius 1 is 0.444 bits per heavy atom. The Balaban J connectivity index is 1.19. The van der Waals surface area contributed by atoms with Gasteiger partial charge in [-0.25, -0.2) is 0 Å². The van der Waals surface area contributed by atoms with E-state index in [0.717, 1.165) is 46.0 Å². The van der Waals surface area contributed by atoms with E-state index in [9.17, 15) is 0 Å². The van der Waals surface area contributed by atoms with Crippen LogP contribution >= 0.6 is 0 Å². The van der Waals surface area contributed by atoms with Crippen LogP contribution in [0.5, 0.6) is 0 Å². The minimum absolute atomic E-state index is 0.883. The first-order valence-electron chi connectivity index (χ1n) is 18.8. The smallest absolute Gasteiger partial charge is 0.143 e. The first-order chi connectivity index (χ1) is 26.8. The van der Waals surface area contributed by atoms with E-state index >= 15 is 0 Å². The summed E-state index contributed by atoms with van der Waals surface area (Å²) in [6, 6.07) is 64.1. The molecule has 1 aliphatic carbocycles. The zero-order chi connectivity index (χ0) is 35.6. The number of anilines is 2. The standard InChI is InChI=1S/C52H35NO/c1-2-14-35-29-39(28-27-34(35)13-1)36-18-11-19-41(30-36)53(50-32-40-17-5-6-20-42(40)43-21-7-8-22-44(43)50)49-26-10-9-23-45(49)46-24-12-25-47-48-31-37-15-3-4-16-38(37)33-51(48)54-52(46)47/h1-9,11-25,27-33H,10,26H2. The lowest BCUT2D eigenvalue weighted by Crippen LogP contribution is -2.20. The first kappa shape index (κ1) is 30.7. The van der Waals surface area contributed by atoms with E-state index in [4.69, 9.17) is 4.42 Å². The van der Waals surface area contributed by atoms with Crippen molar-refractivity contribution < 1.29 is 4.42 Å².